The molecule has 8 heteroatoms. The standard InChI is InChI=1S/C6H4ClF3N2O2/c7-1-2-3(5(13)14)4(12-11-2)6(8,9)10/h1H2,(H,11,12)(H,13,14). The number of H-pyrrole nitrogens is 1. The van der Waals surface area contributed by atoms with E-state index in [1.165, 1.54) is 0 Å². The number of aromatic nitrogens is 2. The van der Waals surface area contributed by atoms with Gasteiger partial charge in [-0.1, -0.05) is 0 Å². The number of hydrogen-bond acceptors (Lipinski definition) is 2. The van der Waals surface area contributed by atoms with Gasteiger partial charge in [0.1, 0.15) is 5.56 Å². The molecule has 0 atom stereocenters. The smallest absolute Gasteiger partial charge is 0.436 e. The molecule has 0 saturated carbocycles. The van der Waals surface area contributed by atoms with Crippen molar-refractivity contribution in [3.63, 3.8) is 0 Å². The number of nitrogens with zero attached hydrogens (tertiary/aromatic N) is 1. The normalized spacial score (nSPS) is 11.7. The lowest BCUT2D eigenvalue weighted by molar-refractivity contribution is -0.141. The second-order valence-corrected chi connectivity index (χ2v) is 2.63. The van der Waals surface area contributed by atoms with E-state index in [2.05, 4.69) is 5.10 Å². The molecule has 0 fully saturated rings. The molecule has 78 valence electrons. The Morgan fingerprint density at radius 2 is 2.14 bits per heavy atom. The Hall–Kier alpha value is -1.24. The number of alkyl halides is 4. The molecule has 1 heterocycles. The Labute approximate surface area is 80.7 Å². The number of carboxylic acid groups (broad SMARTS) is 1. The van der Waals surface area contributed by atoms with Crippen LogP contribution in [0.25, 0.3) is 0 Å². The lowest BCUT2D eigenvalue weighted by Crippen LogP contribution is -2.12. The highest BCUT2D eigenvalue weighted by atomic mass is 35.5. The van der Waals surface area contributed by atoms with Crippen LogP contribution in [-0.4, -0.2) is 21.3 Å². The van der Waals surface area contributed by atoms with E-state index in [0.717, 1.165) is 0 Å². The third-order valence-corrected chi connectivity index (χ3v) is 1.72. The molecule has 0 unspecified atom stereocenters. The number of halogens is 4. The highest BCUT2D eigenvalue weighted by Gasteiger charge is 2.40. The van der Waals surface area contributed by atoms with E-state index in [1.54, 1.807) is 0 Å². The summed E-state index contributed by atoms with van der Waals surface area (Å²) in [6.07, 6.45) is -4.80. The summed E-state index contributed by atoms with van der Waals surface area (Å²) in [6.45, 7) is 0. The first-order valence-electron chi connectivity index (χ1n) is 3.31. The lowest BCUT2D eigenvalue weighted by atomic mass is 10.2. The van der Waals surface area contributed by atoms with Crippen LogP contribution in [0.5, 0.6) is 0 Å². The van der Waals surface area contributed by atoms with Gasteiger partial charge >= 0.3 is 12.1 Å². The van der Waals surface area contributed by atoms with E-state index in [0.29, 0.717) is 0 Å². The largest absolute Gasteiger partial charge is 0.478 e. The molecule has 0 radical (unpaired) electrons. The summed E-state index contributed by atoms with van der Waals surface area (Å²) >= 11 is 5.24. The van der Waals surface area contributed by atoms with Crippen LogP contribution in [-0.2, 0) is 12.1 Å². The van der Waals surface area contributed by atoms with Crippen LogP contribution in [0.3, 0.4) is 0 Å². The van der Waals surface area contributed by atoms with Gasteiger partial charge in [-0.3, -0.25) is 5.10 Å². The third-order valence-electron chi connectivity index (χ3n) is 1.46. The molecule has 0 aliphatic heterocycles. The average Bonchev–Trinajstić information content (AvgIpc) is 2.45. The van der Waals surface area contributed by atoms with E-state index < -0.39 is 23.4 Å². The van der Waals surface area contributed by atoms with E-state index in [1.807, 2.05) is 5.10 Å². The molecule has 0 spiro atoms. The van der Waals surface area contributed by atoms with E-state index in [9.17, 15) is 18.0 Å². The predicted molar refractivity (Wildman–Crippen MR) is 40.1 cm³/mol. The van der Waals surface area contributed by atoms with Crippen molar-refractivity contribution in [1.29, 1.82) is 0 Å². The summed E-state index contributed by atoms with van der Waals surface area (Å²) in [4.78, 5) is 10.5. The van der Waals surface area contributed by atoms with Gasteiger partial charge in [0, 0.05) is 0 Å². The van der Waals surface area contributed by atoms with Gasteiger partial charge in [-0.05, 0) is 0 Å². The Bertz CT molecular complexity index is 360. The van der Waals surface area contributed by atoms with E-state index in [4.69, 9.17) is 16.7 Å². The van der Waals surface area contributed by atoms with Crippen LogP contribution < -0.4 is 0 Å². The summed E-state index contributed by atoms with van der Waals surface area (Å²) in [5, 5.41) is 13.3. The predicted octanol–water partition coefficient (Wildman–Crippen LogP) is 1.87. The molecule has 0 aliphatic carbocycles. The lowest BCUT2D eigenvalue weighted by Gasteiger charge is -2.03. The molecule has 1 aromatic heterocycles. The summed E-state index contributed by atoms with van der Waals surface area (Å²) in [5.74, 6) is -2.08. The van der Waals surface area contributed by atoms with Crippen molar-refractivity contribution in [3.05, 3.63) is 17.0 Å². The van der Waals surface area contributed by atoms with E-state index >= 15 is 0 Å². The first-order chi connectivity index (χ1) is 6.38. The maximum Gasteiger partial charge on any atom is 0.436 e. The van der Waals surface area contributed by atoms with Gasteiger partial charge in [-0.2, -0.15) is 18.3 Å². The van der Waals surface area contributed by atoms with Gasteiger partial charge in [0.25, 0.3) is 0 Å². The number of nitrogens with one attached hydrogen (secondary N) is 1. The van der Waals surface area contributed by atoms with Crippen molar-refractivity contribution in [1.82, 2.24) is 10.2 Å². The van der Waals surface area contributed by atoms with Gasteiger partial charge in [-0.25, -0.2) is 4.79 Å². The minimum absolute atomic E-state index is 0.258. The zero-order chi connectivity index (χ0) is 10.9. The number of rotatable bonds is 2. The van der Waals surface area contributed by atoms with Crippen LogP contribution in [0.4, 0.5) is 13.2 Å². The van der Waals surface area contributed by atoms with Crippen LogP contribution in [0.2, 0.25) is 0 Å². The summed E-state index contributed by atoms with van der Waals surface area (Å²) in [7, 11) is 0. The Balaban J connectivity index is 3.32. The van der Waals surface area contributed by atoms with Gasteiger partial charge in [0.05, 0.1) is 11.6 Å². The number of aromatic amines is 1. The molecule has 0 amide bonds. The number of carbonyl (C=O) groups is 1. The zero-order valence-electron chi connectivity index (χ0n) is 6.52. The highest BCUT2D eigenvalue weighted by molar-refractivity contribution is 6.17. The molecule has 0 saturated heterocycles. The fourth-order valence-corrected chi connectivity index (χ4v) is 1.10. The molecule has 14 heavy (non-hydrogen) atoms. The minimum atomic E-state index is -4.80. The second kappa shape index (κ2) is 3.49. The first-order valence-corrected chi connectivity index (χ1v) is 3.85. The monoisotopic (exact) mass is 228 g/mol. The second-order valence-electron chi connectivity index (χ2n) is 2.36. The van der Waals surface area contributed by atoms with Gasteiger partial charge in [0.2, 0.25) is 0 Å². The summed E-state index contributed by atoms with van der Waals surface area (Å²) in [5.41, 5.74) is -2.64. The Morgan fingerprint density at radius 3 is 2.50 bits per heavy atom. The van der Waals surface area contributed by atoms with Crippen molar-refractivity contribution in [3.8, 4) is 0 Å². The van der Waals surface area contributed by atoms with Gasteiger partial charge in [-0.15, -0.1) is 11.6 Å². The molecule has 0 aliphatic rings. The molecular weight excluding hydrogens is 225 g/mol. The van der Waals surface area contributed by atoms with Crippen molar-refractivity contribution in [2.24, 2.45) is 0 Å². The van der Waals surface area contributed by atoms with E-state index in [-0.39, 0.29) is 11.6 Å². The molecule has 0 aromatic carbocycles. The maximum absolute atomic E-state index is 12.2. The molecule has 1 aromatic rings. The van der Waals surface area contributed by atoms with Crippen LogP contribution in [0.15, 0.2) is 0 Å². The van der Waals surface area contributed by atoms with Gasteiger partial charge < -0.3 is 5.11 Å². The average molecular weight is 229 g/mol. The highest BCUT2D eigenvalue weighted by Crippen LogP contribution is 2.31. The first kappa shape index (κ1) is 10.8. The number of carboxylic acids is 1. The molecule has 2 N–H and O–H groups in total. The van der Waals surface area contributed by atoms with Crippen molar-refractivity contribution < 1.29 is 23.1 Å². The minimum Gasteiger partial charge on any atom is -0.478 e. The topological polar surface area (TPSA) is 66.0 Å². The van der Waals surface area contributed by atoms with Crippen molar-refractivity contribution in [2.75, 3.05) is 0 Å². The Morgan fingerprint density at radius 1 is 1.57 bits per heavy atom. The zero-order valence-corrected chi connectivity index (χ0v) is 7.28. The molecule has 0 bridgehead atoms. The quantitative estimate of drug-likeness (QED) is 0.760. The SMILES string of the molecule is O=C(O)c1c(C(F)(F)F)n[nH]c1CCl. The van der Waals surface area contributed by atoms with Crippen LogP contribution in [0.1, 0.15) is 21.7 Å². The maximum atomic E-state index is 12.2. The molecule has 1 rings (SSSR count). The molecule has 4 nitrogen and oxygen atoms in total. The molecular formula is C6H4ClF3N2O2. The summed E-state index contributed by atoms with van der Waals surface area (Å²) in [6, 6.07) is 0. The number of hydrogen-bond donors (Lipinski definition) is 2. The number of aromatic carboxylic acids is 1. The fourth-order valence-electron chi connectivity index (χ4n) is 0.910. The van der Waals surface area contributed by atoms with Crippen LogP contribution >= 0.6 is 11.6 Å². The summed E-state index contributed by atoms with van der Waals surface area (Å²) < 4.78 is 36.5. The Kier molecular flexibility index (Phi) is 2.70. The third kappa shape index (κ3) is 1.82. The fraction of sp³-hybridized carbons (Fsp3) is 0.333. The van der Waals surface area contributed by atoms with Crippen molar-refractivity contribution >= 4 is 17.6 Å². The van der Waals surface area contributed by atoms with Crippen LogP contribution in [0, 0.1) is 0 Å². The van der Waals surface area contributed by atoms with Crippen molar-refractivity contribution in [2.45, 2.75) is 12.1 Å². The van der Waals surface area contributed by atoms with Gasteiger partial charge in [0.15, 0.2) is 5.69 Å².